The number of hydrogen-bond acceptors (Lipinski definition) is 3. The number of nitrogens with zero attached hydrogens (tertiary/aromatic N) is 2. The van der Waals surface area contributed by atoms with Crippen LogP contribution in [-0.4, -0.2) is 26.8 Å². The van der Waals surface area contributed by atoms with Gasteiger partial charge in [0.25, 0.3) is 0 Å². The lowest BCUT2D eigenvalue weighted by atomic mass is 10.1. The van der Waals surface area contributed by atoms with Crippen molar-refractivity contribution in [3.63, 3.8) is 0 Å². The van der Waals surface area contributed by atoms with Crippen LogP contribution < -0.4 is 5.32 Å². The Hall–Kier alpha value is -0.480. The summed E-state index contributed by atoms with van der Waals surface area (Å²) in [6.45, 7) is 12.7. The van der Waals surface area contributed by atoms with E-state index in [-0.39, 0.29) is 5.54 Å². The van der Waals surface area contributed by atoms with Gasteiger partial charge in [-0.3, -0.25) is 4.68 Å². The molecule has 1 aromatic heterocycles. The molecule has 0 aliphatic heterocycles. The average molecular weight is 255 g/mol. The van der Waals surface area contributed by atoms with Crippen LogP contribution in [0.15, 0.2) is 6.20 Å². The Kier molecular flexibility index (Phi) is 5.53. The fraction of sp³-hybridized carbons (Fsp3) is 0.769. The molecule has 0 aliphatic carbocycles. The van der Waals surface area contributed by atoms with E-state index in [1.54, 1.807) is 0 Å². The van der Waals surface area contributed by atoms with E-state index in [1.807, 2.05) is 11.8 Å². The smallest absolute Gasteiger partial charge is 0.0638 e. The molecule has 1 aromatic rings. The topological polar surface area (TPSA) is 29.9 Å². The predicted octanol–water partition coefficient (Wildman–Crippen LogP) is 2.83. The number of aromatic nitrogens is 2. The Morgan fingerprint density at radius 1 is 1.41 bits per heavy atom. The van der Waals surface area contributed by atoms with Crippen molar-refractivity contribution in [1.82, 2.24) is 15.1 Å². The van der Waals surface area contributed by atoms with Gasteiger partial charge in [-0.2, -0.15) is 16.9 Å². The summed E-state index contributed by atoms with van der Waals surface area (Å²) in [5, 5.41) is 8.05. The van der Waals surface area contributed by atoms with Crippen LogP contribution in [-0.2, 0) is 13.1 Å². The average Bonchev–Trinajstić information content (AvgIpc) is 2.56. The summed E-state index contributed by atoms with van der Waals surface area (Å²) < 4.78 is 2.07. The Morgan fingerprint density at radius 2 is 2.12 bits per heavy atom. The van der Waals surface area contributed by atoms with Crippen LogP contribution in [0.25, 0.3) is 0 Å². The third-order valence-corrected chi connectivity index (χ3v) is 3.41. The fourth-order valence-electron chi connectivity index (χ4n) is 1.51. The standard InChI is InChI=1S/C13H25N3S/c1-6-17-8-7-16-10-12(11(2)15-16)9-14-13(3,4)5/h10,14H,6-9H2,1-5H3. The summed E-state index contributed by atoms with van der Waals surface area (Å²) in [5.74, 6) is 2.32. The Balaban J connectivity index is 2.50. The summed E-state index contributed by atoms with van der Waals surface area (Å²) in [5.41, 5.74) is 2.61. The van der Waals surface area contributed by atoms with Gasteiger partial charge < -0.3 is 5.32 Å². The van der Waals surface area contributed by atoms with Crippen molar-refractivity contribution in [2.24, 2.45) is 0 Å². The second kappa shape index (κ2) is 6.45. The molecule has 0 atom stereocenters. The molecule has 98 valence electrons. The van der Waals surface area contributed by atoms with Crippen molar-refractivity contribution in [3.05, 3.63) is 17.5 Å². The van der Waals surface area contributed by atoms with Gasteiger partial charge in [-0.15, -0.1) is 0 Å². The quantitative estimate of drug-likeness (QED) is 0.793. The lowest BCUT2D eigenvalue weighted by Gasteiger charge is -2.20. The first-order valence-electron chi connectivity index (χ1n) is 6.28. The van der Waals surface area contributed by atoms with E-state index in [4.69, 9.17) is 0 Å². The van der Waals surface area contributed by atoms with E-state index in [9.17, 15) is 0 Å². The maximum Gasteiger partial charge on any atom is 0.0638 e. The highest BCUT2D eigenvalue weighted by molar-refractivity contribution is 7.99. The Labute approximate surface area is 109 Å². The van der Waals surface area contributed by atoms with Gasteiger partial charge in [-0.05, 0) is 33.4 Å². The number of thioether (sulfide) groups is 1. The summed E-state index contributed by atoms with van der Waals surface area (Å²) in [7, 11) is 0. The van der Waals surface area contributed by atoms with Gasteiger partial charge in [0.05, 0.1) is 5.69 Å². The predicted molar refractivity (Wildman–Crippen MR) is 76.6 cm³/mol. The second-order valence-corrected chi connectivity index (χ2v) is 6.70. The van der Waals surface area contributed by atoms with Gasteiger partial charge in [0.15, 0.2) is 0 Å². The molecule has 0 aliphatic rings. The molecule has 0 bridgehead atoms. The Morgan fingerprint density at radius 3 is 2.71 bits per heavy atom. The van der Waals surface area contributed by atoms with Crippen molar-refractivity contribution in [2.75, 3.05) is 11.5 Å². The van der Waals surface area contributed by atoms with Gasteiger partial charge in [0, 0.05) is 36.1 Å². The fourth-order valence-corrected chi connectivity index (χ4v) is 2.11. The summed E-state index contributed by atoms with van der Waals surface area (Å²) in [6, 6.07) is 0. The van der Waals surface area contributed by atoms with E-state index in [0.717, 1.165) is 24.5 Å². The molecule has 0 saturated carbocycles. The normalized spacial score (nSPS) is 12.1. The minimum atomic E-state index is 0.159. The van der Waals surface area contributed by atoms with Crippen molar-refractivity contribution < 1.29 is 0 Å². The van der Waals surface area contributed by atoms with Gasteiger partial charge in [-0.25, -0.2) is 0 Å². The van der Waals surface area contributed by atoms with E-state index in [2.05, 4.69) is 55.9 Å². The van der Waals surface area contributed by atoms with E-state index >= 15 is 0 Å². The van der Waals surface area contributed by atoms with Gasteiger partial charge in [0.2, 0.25) is 0 Å². The van der Waals surface area contributed by atoms with E-state index < -0.39 is 0 Å². The zero-order chi connectivity index (χ0) is 12.9. The number of nitrogens with one attached hydrogen (secondary N) is 1. The van der Waals surface area contributed by atoms with E-state index in [1.165, 1.54) is 11.3 Å². The molecule has 0 fully saturated rings. The summed E-state index contributed by atoms with van der Waals surface area (Å²) >= 11 is 1.96. The van der Waals surface area contributed by atoms with Crippen LogP contribution in [0.2, 0.25) is 0 Å². The van der Waals surface area contributed by atoms with Gasteiger partial charge in [0.1, 0.15) is 0 Å². The van der Waals surface area contributed by atoms with Crippen LogP contribution in [0.1, 0.15) is 39.0 Å². The molecule has 0 amide bonds. The molecular weight excluding hydrogens is 230 g/mol. The number of rotatable bonds is 6. The molecule has 0 radical (unpaired) electrons. The molecule has 1 rings (SSSR count). The van der Waals surface area contributed by atoms with Crippen LogP contribution in [0.5, 0.6) is 0 Å². The second-order valence-electron chi connectivity index (χ2n) is 5.30. The largest absolute Gasteiger partial charge is 0.308 e. The number of hydrogen-bond donors (Lipinski definition) is 1. The molecule has 1 heterocycles. The first kappa shape index (κ1) is 14.6. The summed E-state index contributed by atoms with van der Waals surface area (Å²) in [6.07, 6.45) is 2.17. The van der Waals surface area contributed by atoms with Crippen LogP contribution in [0.3, 0.4) is 0 Å². The molecule has 4 heteroatoms. The maximum atomic E-state index is 4.55. The molecule has 1 N–H and O–H groups in total. The lowest BCUT2D eigenvalue weighted by Crippen LogP contribution is -2.35. The third kappa shape index (κ3) is 5.59. The SMILES string of the molecule is CCSCCn1cc(CNC(C)(C)C)c(C)n1. The van der Waals surface area contributed by atoms with Crippen LogP contribution in [0.4, 0.5) is 0 Å². The van der Waals surface area contributed by atoms with Gasteiger partial charge in [-0.1, -0.05) is 6.92 Å². The first-order chi connectivity index (χ1) is 7.92. The zero-order valence-corrected chi connectivity index (χ0v) is 12.5. The molecular formula is C13H25N3S. The van der Waals surface area contributed by atoms with Crippen molar-refractivity contribution in [3.8, 4) is 0 Å². The zero-order valence-electron chi connectivity index (χ0n) is 11.7. The monoisotopic (exact) mass is 255 g/mol. The van der Waals surface area contributed by atoms with Crippen LogP contribution >= 0.6 is 11.8 Å². The lowest BCUT2D eigenvalue weighted by molar-refractivity contribution is 0.423. The third-order valence-electron chi connectivity index (χ3n) is 2.53. The van der Waals surface area contributed by atoms with E-state index in [0.29, 0.717) is 0 Å². The molecule has 3 nitrogen and oxygen atoms in total. The highest BCUT2D eigenvalue weighted by Crippen LogP contribution is 2.09. The molecule has 17 heavy (non-hydrogen) atoms. The minimum absolute atomic E-state index is 0.159. The summed E-state index contributed by atoms with van der Waals surface area (Å²) in [4.78, 5) is 0. The molecule has 0 saturated heterocycles. The van der Waals surface area contributed by atoms with Crippen molar-refractivity contribution >= 4 is 11.8 Å². The first-order valence-corrected chi connectivity index (χ1v) is 7.43. The highest BCUT2D eigenvalue weighted by Gasteiger charge is 2.11. The van der Waals surface area contributed by atoms with Gasteiger partial charge >= 0.3 is 0 Å². The highest BCUT2D eigenvalue weighted by atomic mass is 32.2. The molecule has 0 spiro atoms. The van der Waals surface area contributed by atoms with Crippen LogP contribution in [0, 0.1) is 6.92 Å². The Bertz CT molecular complexity index is 339. The minimum Gasteiger partial charge on any atom is -0.308 e. The maximum absolute atomic E-state index is 4.55. The van der Waals surface area contributed by atoms with Crippen molar-refractivity contribution in [1.29, 1.82) is 0 Å². The molecule has 0 unspecified atom stereocenters. The number of aryl methyl sites for hydroxylation is 2. The molecule has 0 aromatic carbocycles. The van der Waals surface area contributed by atoms with Crippen molar-refractivity contribution in [2.45, 2.75) is 53.2 Å².